The van der Waals surface area contributed by atoms with Gasteiger partial charge in [-0.25, -0.2) is 8.42 Å². The van der Waals surface area contributed by atoms with Crippen molar-refractivity contribution in [1.82, 2.24) is 10.2 Å². The van der Waals surface area contributed by atoms with Gasteiger partial charge in [0.05, 0.1) is 17.1 Å². The Morgan fingerprint density at radius 2 is 1.69 bits per heavy atom. The first kappa shape index (κ1) is 25.8. The molecule has 0 saturated heterocycles. The molecular weight excluding hydrogens is 498 g/mol. The van der Waals surface area contributed by atoms with E-state index in [9.17, 15) is 13.2 Å². The SMILES string of the molecule is Cc1c(C(=O)NCCN(C)C)oc2ccc(N(Cc3ccccc3)S(=O)(=O)c3ccc(Cl)cc3)cc12. The van der Waals surface area contributed by atoms with Crippen LogP contribution in [0.3, 0.4) is 0 Å². The highest BCUT2D eigenvalue weighted by Crippen LogP contribution is 2.33. The summed E-state index contributed by atoms with van der Waals surface area (Å²) in [6.45, 7) is 3.11. The van der Waals surface area contributed by atoms with Gasteiger partial charge in [-0.1, -0.05) is 41.9 Å². The Kier molecular flexibility index (Phi) is 7.68. The summed E-state index contributed by atoms with van der Waals surface area (Å²) in [6.07, 6.45) is 0. The molecule has 0 fully saturated rings. The molecule has 0 radical (unpaired) electrons. The fourth-order valence-corrected chi connectivity index (χ4v) is 5.42. The molecule has 1 aromatic heterocycles. The summed E-state index contributed by atoms with van der Waals surface area (Å²) in [5.41, 5.74) is 2.46. The number of nitrogens with zero attached hydrogens (tertiary/aromatic N) is 2. The van der Waals surface area contributed by atoms with Crippen molar-refractivity contribution in [2.24, 2.45) is 0 Å². The maximum atomic E-state index is 13.7. The largest absolute Gasteiger partial charge is 0.451 e. The van der Waals surface area contributed by atoms with Crippen molar-refractivity contribution in [3.63, 3.8) is 0 Å². The highest BCUT2D eigenvalue weighted by molar-refractivity contribution is 7.92. The molecule has 3 aromatic carbocycles. The van der Waals surface area contributed by atoms with Crippen LogP contribution < -0.4 is 9.62 Å². The number of amides is 1. The number of nitrogens with one attached hydrogen (secondary N) is 1. The Hall–Kier alpha value is -3.33. The van der Waals surface area contributed by atoms with Crippen LogP contribution in [0.15, 0.2) is 82.1 Å². The van der Waals surface area contributed by atoms with E-state index in [4.69, 9.17) is 16.0 Å². The lowest BCUT2D eigenvalue weighted by molar-refractivity contribution is 0.0924. The van der Waals surface area contributed by atoms with Crippen molar-refractivity contribution < 1.29 is 17.6 Å². The van der Waals surface area contributed by atoms with Crippen LogP contribution in [0.1, 0.15) is 21.7 Å². The molecule has 0 bridgehead atoms. The molecule has 1 heterocycles. The molecule has 188 valence electrons. The van der Waals surface area contributed by atoms with Crippen molar-refractivity contribution >= 4 is 44.2 Å². The third-order valence-corrected chi connectivity index (χ3v) is 7.87. The number of aryl methyl sites for hydroxylation is 1. The van der Waals surface area contributed by atoms with Gasteiger partial charge >= 0.3 is 0 Å². The topological polar surface area (TPSA) is 82.9 Å². The number of likely N-dealkylation sites (N-methyl/N-ethyl adjacent to an activating group) is 1. The summed E-state index contributed by atoms with van der Waals surface area (Å²) in [5.74, 6) is -0.0851. The second kappa shape index (κ2) is 10.7. The van der Waals surface area contributed by atoms with Gasteiger partial charge in [0.1, 0.15) is 5.58 Å². The molecule has 0 atom stereocenters. The van der Waals surface area contributed by atoms with E-state index in [1.807, 2.05) is 49.3 Å². The van der Waals surface area contributed by atoms with Gasteiger partial charge in [-0.05, 0) is 69.0 Å². The quantitative estimate of drug-likeness (QED) is 0.329. The number of hydrogen-bond acceptors (Lipinski definition) is 5. The van der Waals surface area contributed by atoms with Crippen molar-refractivity contribution in [3.05, 3.63) is 94.7 Å². The number of furan rings is 1. The summed E-state index contributed by atoms with van der Waals surface area (Å²) in [5, 5.41) is 3.99. The van der Waals surface area contributed by atoms with Gasteiger partial charge in [-0.2, -0.15) is 0 Å². The molecule has 0 aliphatic rings. The fourth-order valence-electron chi connectivity index (χ4n) is 3.85. The normalized spacial score (nSPS) is 11.7. The predicted octanol–water partition coefficient (Wildman–Crippen LogP) is 5.08. The third kappa shape index (κ3) is 5.56. The molecule has 1 N–H and O–H groups in total. The molecule has 0 unspecified atom stereocenters. The number of sulfonamides is 1. The molecule has 1 amide bonds. The number of carbonyl (C=O) groups excluding carboxylic acids is 1. The van der Waals surface area contributed by atoms with Gasteiger partial charge in [0, 0.05) is 29.1 Å². The average molecular weight is 526 g/mol. The Labute approximate surface area is 216 Å². The van der Waals surface area contributed by atoms with Gasteiger partial charge in [0.2, 0.25) is 0 Å². The number of carbonyl (C=O) groups is 1. The monoisotopic (exact) mass is 525 g/mol. The first-order valence-corrected chi connectivity index (χ1v) is 13.3. The molecule has 7 nitrogen and oxygen atoms in total. The number of benzene rings is 3. The predicted molar refractivity (Wildman–Crippen MR) is 143 cm³/mol. The Morgan fingerprint density at radius 3 is 2.36 bits per heavy atom. The molecule has 0 aliphatic carbocycles. The van der Waals surface area contributed by atoms with Crippen molar-refractivity contribution in [2.75, 3.05) is 31.5 Å². The van der Waals surface area contributed by atoms with Gasteiger partial charge in [-0.15, -0.1) is 0 Å². The number of rotatable bonds is 9. The molecular formula is C27H28ClN3O4S. The first-order valence-electron chi connectivity index (χ1n) is 11.4. The van der Waals surface area contributed by atoms with E-state index in [-0.39, 0.29) is 23.1 Å². The van der Waals surface area contributed by atoms with Crippen molar-refractivity contribution in [3.8, 4) is 0 Å². The van der Waals surface area contributed by atoms with Crippen molar-refractivity contribution in [1.29, 1.82) is 0 Å². The third-order valence-electron chi connectivity index (χ3n) is 5.83. The standard InChI is InChI=1S/C27H28ClN3O4S/c1-19-24-17-22(11-14-25(24)35-26(19)27(32)29-15-16-30(2)3)31(18-20-7-5-4-6-8-20)36(33,34)23-12-9-21(28)10-13-23/h4-14,17H,15-16,18H2,1-3H3,(H,29,32). The lowest BCUT2D eigenvalue weighted by Crippen LogP contribution is -2.31. The first-order chi connectivity index (χ1) is 17.2. The molecule has 0 aliphatic heterocycles. The Bertz CT molecular complexity index is 1470. The highest BCUT2D eigenvalue weighted by Gasteiger charge is 2.27. The van der Waals surface area contributed by atoms with Crippen LogP contribution in [0, 0.1) is 6.92 Å². The van der Waals surface area contributed by atoms with Gasteiger partial charge in [0.25, 0.3) is 15.9 Å². The van der Waals surface area contributed by atoms with E-state index in [2.05, 4.69) is 5.32 Å². The molecule has 36 heavy (non-hydrogen) atoms. The number of hydrogen-bond donors (Lipinski definition) is 1. The van der Waals surface area contributed by atoms with Gasteiger partial charge in [0.15, 0.2) is 5.76 Å². The Morgan fingerprint density at radius 1 is 1.00 bits per heavy atom. The molecule has 4 rings (SSSR count). The minimum absolute atomic E-state index is 0.131. The average Bonchev–Trinajstić information content (AvgIpc) is 3.19. The van der Waals surface area contributed by atoms with Crippen LogP contribution in [0.4, 0.5) is 5.69 Å². The van der Waals surface area contributed by atoms with Crippen LogP contribution in [-0.4, -0.2) is 46.4 Å². The molecule has 0 spiro atoms. The maximum absolute atomic E-state index is 13.7. The second-order valence-corrected chi connectivity index (χ2v) is 11.0. The maximum Gasteiger partial charge on any atom is 0.287 e. The van der Waals surface area contributed by atoms with E-state index >= 15 is 0 Å². The van der Waals surface area contributed by atoms with E-state index in [1.54, 1.807) is 37.3 Å². The van der Waals surface area contributed by atoms with Crippen LogP contribution in [-0.2, 0) is 16.6 Å². The van der Waals surface area contributed by atoms with Gasteiger partial charge in [-0.3, -0.25) is 9.10 Å². The summed E-state index contributed by atoms with van der Waals surface area (Å²) in [7, 11) is -0.0602. The van der Waals surface area contributed by atoms with E-state index < -0.39 is 10.0 Å². The van der Waals surface area contributed by atoms with Crippen molar-refractivity contribution in [2.45, 2.75) is 18.4 Å². The fraction of sp³-hybridized carbons (Fsp3) is 0.222. The van der Waals surface area contributed by atoms with E-state index in [1.165, 1.54) is 16.4 Å². The summed E-state index contributed by atoms with van der Waals surface area (Å²) in [6, 6.07) is 20.6. The number of anilines is 1. The molecule has 0 saturated carbocycles. The smallest absolute Gasteiger partial charge is 0.287 e. The number of halogens is 1. The minimum Gasteiger partial charge on any atom is -0.451 e. The van der Waals surface area contributed by atoms with E-state index in [0.29, 0.717) is 40.3 Å². The highest BCUT2D eigenvalue weighted by atomic mass is 35.5. The van der Waals surface area contributed by atoms with E-state index in [0.717, 1.165) is 5.56 Å². The second-order valence-electron chi connectivity index (χ2n) is 8.75. The lowest BCUT2D eigenvalue weighted by atomic mass is 10.1. The molecule has 4 aromatic rings. The molecule has 9 heteroatoms. The lowest BCUT2D eigenvalue weighted by Gasteiger charge is -2.25. The number of fused-ring (bicyclic) bond motifs is 1. The van der Waals surface area contributed by atoms with Crippen LogP contribution >= 0.6 is 11.6 Å². The minimum atomic E-state index is -3.92. The summed E-state index contributed by atoms with van der Waals surface area (Å²) in [4.78, 5) is 14.8. The zero-order chi connectivity index (χ0) is 25.9. The van der Waals surface area contributed by atoms with Crippen LogP contribution in [0.2, 0.25) is 5.02 Å². The zero-order valence-electron chi connectivity index (χ0n) is 20.4. The summed E-state index contributed by atoms with van der Waals surface area (Å²) >= 11 is 5.99. The van der Waals surface area contributed by atoms with Crippen LogP contribution in [0.5, 0.6) is 0 Å². The van der Waals surface area contributed by atoms with Crippen LogP contribution in [0.25, 0.3) is 11.0 Å². The summed E-state index contributed by atoms with van der Waals surface area (Å²) < 4.78 is 34.7. The zero-order valence-corrected chi connectivity index (χ0v) is 21.9. The Balaban J connectivity index is 1.74. The van der Waals surface area contributed by atoms with Gasteiger partial charge < -0.3 is 14.6 Å².